The lowest BCUT2D eigenvalue weighted by Crippen LogP contribution is -2.40. The number of nitrogens with one attached hydrogen (secondary N) is 1. The van der Waals surface area contributed by atoms with E-state index in [1.165, 1.54) is 15.5 Å². The average molecular weight is 510 g/mol. The van der Waals surface area contributed by atoms with Gasteiger partial charge in [-0.2, -0.15) is 13.2 Å². The van der Waals surface area contributed by atoms with Gasteiger partial charge in [0.1, 0.15) is 17.6 Å². The van der Waals surface area contributed by atoms with Crippen LogP contribution in [0.5, 0.6) is 0 Å². The van der Waals surface area contributed by atoms with Crippen molar-refractivity contribution in [2.24, 2.45) is 0 Å². The van der Waals surface area contributed by atoms with Gasteiger partial charge in [-0.1, -0.05) is 6.07 Å². The summed E-state index contributed by atoms with van der Waals surface area (Å²) in [6.45, 7) is 5.73. The Morgan fingerprint density at radius 1 is 1.14 bits per heavy atom. The molecular formula is C23H26F4N6O3. The number of rotatable bonds is 4. The van der Waals surface area contributed by atoms with Gasteiger partial charge in [0.05, 0.1) is 42.1 Å². The monoisotopic (exact) mass is 510 g/mol. The lowest BCUT2D eigenvalue weighted by atomic mass is 10.0. The molecule has 0 saturated carbocycles. The zero-order chi connectivity index (χ0) is 26.5. The number of hydrogen-bond donors (Lipinski definition) is 2. The van der Waals surface area contributed by atoms with Crippen LogP contribution < -0.4 is 5.32 Å². The number of carbonyl (C=O) groups is 1. The molecule has 36 heavy (non-hydrogen) atoms. The molecule has 4 rings (SSSR count). The number of halogens is 4. The molecule has 194 valence electrons. The van der Waals surface area contributed by atoms with E-state index in [1.807, 2.05) is 0 Å². The zero-order valence-electron chi connectivity index (χ0n) is 20.0. The molecule has 0 spiro atoms. The molecule has 9 nitrogen and oxygen atoms in total. The van der Waals surface area contributed by atoms with Crippen LogP contribution in [0.15, 0.2) is 36.8 Å². The first kappa shape index (κ1) is 25.6. The number of aromatic nitrogens is 4. The number of imidazole rings is 1. The molecule has 0 bridgehead atoms. The first-order valence-corrected chi connectivity index (χ1v) is 11.1. The van der Waals surface area contributed by atoms with Gasteiger partial charge in [-0.25, -0.2) is 19.2 Å². The van der Waals surface area contributed by atoms with Crippen LogP contribution in [0, 0.1) is 0 Å². The minimum absolute atomic E-state index is 0.0686. The van der Waals surface area contributed by atoms with Gasteiger partial charge in [-0.3, -0.25) is 9.38 Å². The van der Waals surface area contributed by atoms with Crippen molar-refractivity contribution in [2.75, 3.05) is 18.4 Å². The largest absolute Gasteiger partial charge is 0.444 e. The van der Waals surface area contributed by atoms with Crippen LogP contribution >= 0.6 is 0 Å². The molecule has 3 atom stereocenters. The standard InChI is InChI=1S/C23H26F4N6O3/c1-21(2,3)36-20(34)32-10-13(24)15(11-32)31-18-7-5-6-14(30-18)16-8-29-19-9-28-17(12-33(16)19)22(4,35)23(25,26)27/h5-9,12-13,15,35H,10-11H2,1-4H3,(H,30,31)/t13-,15-,22?/m0/s1. The average Bonchev–Trinajstić information content (AvgIpc) is 3.35. The second kappa shape index (κ2) is 8.87. The maximum atomic E-state index is 14.7. The van der Waals surface area contributed by atoms with Gasteiger partial charge in [0.25, 0.3) is 0 Å². The fourth-order valence-corrected chi connectivity index (χ4v) is 3.70. The molecule has 1 saturated heterocycles. The Labute approximate surface area is 204 Å². The highest BCUT2D eigenvalue weighted by Crippen LogP contribution is 2.37. The molecule has 0 aromatic carbocycles. The van der Waals surface area contributed by atoms with E-state index in [2.05, 4.69) is 20.3 Å². The topological polar surface area (TPSA) is 105 Å². The molecule has 4 heterocycles. The van der Waals surface area contributed by atoms with E-state index in [0.29, 0.717) is 24.1 Å². The Hall–Kier alpha value is -3.48. The Kier molecular flexibility index (Phi) is 6.31. The molecule has 1 aliphatic heterocycles. The van der Waals surface area contributed by atoms with E-state index in [1.54, 1.807) is 39.0 Å². The quantitative estimate of drug-likeness (QED) is 0.513. The normalized spacial score (nSPS) is 20.4. The van der Waals surface area contributed by atoms with Gasteiger partial charge < -0.3 is 20.1 Å². The number of likely N-dealkylation sites (tertiary alicyclic amines) is 1. The van der Waals surface area contributed by atoms with Crippen molar-refractivity contribution in [3.63, 3.8) is 0 Å². The van der Waals surface area contributed by atoms with Crippen LogP contribution in [0.2, 0.25) is 0 Å². The van der Waals surface area contributed by atoms with Crippen LogP contribution in [0.4, 0.5) is 28.2 Å². The van der Waals surface area contributed by atoms with Crippen LogP contribution in [0.1, 0.15) is 33.4 Å². The summed E-state index contributed by atoms with van der Waals surface area (Å²) < 4.78 is 61.2. The summed E-state index contributed by atoms with van der Waals surface area (Å²) >= 11 is 0. The lowest BCUT2D eigenvalue weighted by molar-refractivity contribution is -0.260. The number of alkyl halides is 4. The zero-order valence-corrected chi connectivity index (χ0v) is 20.0. The highest BCUT2D eigenvalue weighted by Gasteiger charge is 2.52. The lowest BCUT2D eigenvalue weighted by Gasteiger charge is -2.25. The SMILES string of the molecule is CC(C)(C)OC(=O)N1C[C@H](Nc2cccc(-c3cnc4cnc(C(C)(O)C(F)(F)F)cn34)n2)[C@@H](F)C1. The molecule has 1 fully saturated rings. The highest BCUT2D eigenvalue weighted by molar-refractivity contribution is 5.69. The third-order valence-corrected chi connectivity index (χ3v) is 5.69. The van der Waals surface area contributed by atoms with Crippen molar-refractivity contribution < 1.29 is 32.2 Å². The number of carbonyl (C=O) groups excluding carboxylic acids is 1. The van der Waals surface area contributed by atoms with Crippen molar-refractivity contribution in [1.82, 2.24) is 24.3 Å². The summed E-state index contributed by atoms with van der Waals surface area (Å²) in [6, 6.07) is 4.13. The van der Waals surface area contributed by atoms with Crippen LogP contribution in [-0.2, 0) is 10.3 Å². The Balaban J connectivity index is 1.57. The summed E-state index contributed by atoms with van der Waals surface area (Å²) in [5.41, 5.74) is -3.55. The maximum Gasteiger partial charge on any atom is 0.422 e. The fraction of sp³-hybridized carbons (Fsp3) is 0.478. The smallest absolute Gasteiger partial charge is 0.422 e. The van der Waals surface area contributed by atoms with E-state index < -0.39 is 41.4 Å². The van der Waals surface area contributed by atoms with E-state index in [4.69, 9.17) is 4.74 Å². The van der Waals surface area contributed by atoms with Crippen molar-refractivity contribution in [3.05, 3.63) is 42.5 Å². The molecule has 1 amide bonds. The van der Waals surface area contributed by atoms with Crippen molar-refractivity contribution in [2.45, 2.75) is 57.3 Å². The van der Waals surface area contributed by atoms with E-state index in [-0.39, 0.29) is 18.7 Å². The first-order chi connectivity index (χ1) is 16.7. The second-order valence-corrected chi connectivity index (χ2v) is 9.77. The van der Waals surface area contributed by atoms with E-state index in [9.17, 15) is 27.5 Å². The second-order valence-electron chi connectivity index (χ2n) is 9.77. The molecule has 3 aromatic heterocycles. The predicted molar refractivity (Wildman–Crippen MR) is 122 cm³/mol. The summed E-state index contributed by atoms with van der Waals surface area (Å²) in [5.74, 6) is 0.303. The summed E-state index contributed by atoms with van der Waals surface area (Å²) in [6.07, 6.45) is -3.32. The van der Waals surface area contributed by atoms with Gasteiger partial charge in [0.15, 0.2) is 5.65 Å². The summed E-state index contributed by atoms with van der Waals surface area (Å²) in [5, 5.41) is 13.0. The Bertz CT molecular complexity index is 1270. The van der Waals surface area contributed by atoms with Crippen LogP contribution in [-0.4, -0.2) is 72.5 Å². The van der Waals surface area contributed by atoms with Crippen LogP contribution in [0.25, 0.3) is 17.0 Å². The molecular weight excluding hydrogens is 484 g/mol. The number of amides is 1. The molecule has 2 N–H and O–H groups in total. The van der Waals surface area contributed by atoms with Crippen molar-refractivity contribution in [1.29, 1.82) is 0 Å². The van der Waals surface area contributed by atoms with Gasteiger partial charge in [-0.15, -0.1) is 0 Å². The fourth-order valence-electron chi connectivity index (χ4n) is 3.70. The van der Waals surface area contributed by atoms with Gasteiger partial charge in [0, 0.05) is 12.7 Å². The maximum absolute atomic E-state index is 14.7. The minimum Gasteiger partial charge on any atom is -0.444 e. The molecule has 0 radical (unpaired) electrons. The number of hydrogen-bond acceptors (Lipinski definition) is 7. The Morgan fingerprint density at radius 3 is 2.53 bits per heavy atom. The van der Waals surface area contributed by atoms with Gasteiger partial charge in [0.2, 0.25) is 5.60 Å². The number of fused-ring (bicyclic) bond motifs is 1. The van der Waals surface area contributed by atoms with E-state index >= 15 is 0 Å². The minimum atomic E-state index is -4.94. The highest BCUT2D eigenvalue weighted by atomic mass is 19.4. The number of aliphatic hydroxyl groups is 1. The van der Waals surface area contributed by atoms with Crippen molar-refractivity contribution in [3.8, 4) is 11.4 Å². The molecule has 3 aromatic rings. The third-order valence-electron chi connectivity index (χ3n) is 5.69. The third kappa shape index (κ3) is 5.06. The number of anilines is 1. The molecule has 0 aliphatic carbocycles. The first-order valence-electron chi connectivity index (χ1n) is 11.1. The van der Waals surface area contributed by atoms with Crippen molar-refractivity contribution >= 4 is 17.6 Å². The Morgan fingerprint density at radius 2 is 1.86 bits per heavy atom. The van der Waals surface area contributed by atoms with E-state index in [0.717, 1.165) is 12.4 Å². The number of nitrogens with zero attached hydrogens (tertiary/aromatic N) is 5. The predicted octanol–water partition coefficient (Wildman–Crippen LogP) is 3.93. The number of ether oxygens (including phenoxy) is 1. The summed E-state index contributed by atoms with van der Waals surface area (Å²) in [7, 11) is 0. The molecule has 1 aliphatic rings. The van der Waals surface area contributed by atoms with Gasteiger partial charge >= 0.3 is 12.3 Å². The van der Waals surface area contributed by atoms with Gasteiger partial charge in [-0.05, 0) is 39.8 Å². The number of pyridine rings is 1. The summed E-state index contributed by atoms with van der Waals surface area (Å²) in [4.78, 5) is 25.9. The van der Waals surface area contributed by atoms with Crippen LogP contribution in [0.3, 0.4) is 0 Å². The molecule has 1 unspecified atom stereocenters. The molecule has 13 heteroatoms.